The van der Waals surface area contributed by atoms with Crippen molar-refractivity contribution in [3.63, 3.8) is 0 Å². The van der Waals surface area contributed by atoms with Gasteiger partial charge in [0.2, 0.25) is 5.71 Å². The molecule has 0 amide bonds. The fraction of sp³-hybridized carbons (Fsp3) is 0. The molecule has 0 aliphatic rings. The number of para-hydroxylation sites is 1. The van der Waals surface area contributed by atoms with Gasteiger partial charge in [0.05, 0.1) is 15.9 Å². The maximum Gasteiger partial charge on any atom is 0.337 e. The van der Waals surface area contributed by atoms with Crippen molar-refractivity contribution in [1.82, 2.24) is 4.98 Å². The van der Waals surface area contributed by atoms with Gasteiger partial charge in [-0.3, -0.25) is 0 Å². The van der Waals surface area contributed by atoms with Crippen molar-refractivity contribution in [2.24, 2.45) is 0 Å². The van der Waals surface area contributed by atoms with E-state index in [2.05, 4.69) is 4.98 Å². The Kier molecular flexibility index (Phi) is 1.94. The molecule has 2 aromatic heterocycles. The molecule has 4 heteroatoms. The van der Waals surface area contributed by atoms with Crippen LogP contribution in [0.15, 0.2) is 45.6 Å². The molecule has 0 unspecified atom stereocenters. The monoisotopic (exact) mass is 231 g/mol. The lowest BCUT2D eigenvalue weighted by atomic mass is 10.2. The minimum absolute atomic E-state index is 0.274. The predicted octanol–water partition coefficient (Wildman–Crippen LogP) is 2.99. The smallest absolute Gasteiger partial charge is 0.337 e. The van der Waals surface area contributed by atoms with E-state index < -0.39 is 5.63 Å². The summed E-state index contributed by atoms with van der Waals surface area (Å²) in [5.41, 5.74) is 0.567. The zero-order chi connectivity index (χ0) is 11.1. The van der Waals surface area contributed by atoms with Crippen molar-refractivity contribution < 1.29 is 4.42 Å². The molecule has 0 aliphatic heterocycles. The van der Waals surface area contributed by atoms with E-state index in [1.165, 1.54) is 6.07 Å². The van der Waals surface area contributed by atoms with E-state index in [4.69, 9.17) is 16.0 Å². The molecule has 3 nitrogen and oxygen atoms in total. The summed E-state index contributed by atoms with van der Waals surface area (Å²) < 4.78 is 5.00. The molecule has 0 spiro atoms. The van der Waals surface area contributed by atoms with Gasteiger partial charge >= 0.3 is 5.63 Å². The van der Waals surface area contributed by atoms with Crippen molar-refractivity contribution in [3.8, 4) is 0 Å². The highest BCUT2D eigenvalue weighted by molar-refractivity contribution is 6.40. The third-order valence-electron chi connectivity index (χ3n) is 2.41. The van der Waals surface area contributed by atoms with Gasteiger partial charge in [0.1, 0.15) is 0 Å². The number of fused-ring (bicyclic) bond motifs is 2. The van der Waals surface area contributed by atoms with Crippen molar-refractivity contribution in [2.75, 3.05) is 0 Å². The van der Waals surface area contributed by atoms with E-state index in [9.17, 15) is 4.79 Å². The van der Waals surface area contributed by atoms with Crippen molar-refractivity contribution in [1.29, 1.82) is 0 Å². The maximum absolute atomic E-state index is 11.1. The second-order valence-electron chi connectivity index (χ2n) is 3.42. The molecule has 0 saturated heterocycles. The molecule has 3 aromatic rings. The van der Waals surface area contributed by atoms with Gasteiger partial charge in [0.15, 0.2) is 0 Å². The van der Waals surface area contributed by atoms with Gasteiger partial charge < -0.3 is 4.42 Å². The normalized spacial score (nSPS) is 11.1. The van der Waals surface area contributed by atoms with E-state index in [-0.39, 0.29) is 5.71 Å². The number of nitrogens with zero attached hydrogens (tertiary/aromatic N) is 1. The second-order valence-corrected chi connectivity index (χ2v) is 3.79. The SMILES string of the molecule is O=c1ccc2c(Cl)c3ccccc3nc2o1. The van der Waals surface area contributed by atoms with E-state index in [0.29, 0.717) is 15.9 Å². The summed E-state index contributed by atoms with van der Waals surface area (Å²) in [6.07, 6.45) is 0. The number of hydrogen-bond donors (Lipinski definition) is 0. The van der Waals surface area contributed by atoms with Gasteiger partial charge in [-0.25, -0.2) is 9.78 Å². The molecule has 1 aromatic carbocycles. The van der Waals surface area contributed by atoms with Crippen LogP contribution >= 0.6 is 11.6 Å². The van der Waals surface area contributed by atoms with Crippen LogP contribution in [-0.4, -0.2) is 4.98 Å². The van der Waals surface area contributed by atoms with Crippen LogP contribution in [0.25, 0.3) is 22.0 Å². The first-order valence-electron chi connectivity index (χ1n) is 4.74. The van der Waals surface area contributed by atoms with Crippen LogP contribution < -0.4 is 5.63 Å². The summed E-state index contributed by atoms with van der Waals surface area (Å²) in [7, 11) is 0. The van der Waals surface area contributed by atoms with Crippen LogP contribution in [0.2, 0.25) is 5.02 Å². The standard InChI is InChI=1S/C12H6ClNO2/c13-11-7-3-1-2-4-9(7)14-12-8(11)5-6-10(15)16-12/h1-6H. The largest absolute Gasteiger partial charge is 0.404 e. The van der Waals surface area contributed by atoms with Crippen molar-refractivity contribution in [3.05, 3.63) is 51.8 Å². The van der Waals surface area contributed by atoms with Crippen LogP contribution in [0, 0.1) is 0 Å². The fourth-order valence-electron chi connectivity index (χ4n) is 1.67. The summed E-state index contributed by atoms with van der Waals surface area (Å²) in [4.78, 5) is 15.3. The Morgan fingerprint density at radius 1 is 1.06 bits per heavy atom. The van der Waals surface area contributed by atoms with Crippen LogP contribution in [0.1, 0.15) is 0 Å². The molecule has 78 valence electrons. The van der Waals surface area contributed by atoms with E-state index in [1.54, 1.807) is 6.07 Å². The summed E-state index contributed by atoms with van der Waals surface area (Å²) in [5, 5.41) is 2.06. The lowest BCUT2D eigenvalue weighted by molar-refractivity contribution is 0.551. The zero-order valence-electron chi connectivity index (χ0n) is 8.11. The minimum atomic E-state index is -0.425. The molecule has 0 fully saturated rings. The molecule has 0 radical (unpaired) electrons. The van der Waals surface area contributed by atoms with Gasteiger partial charge in [-0.1, -0.05) is 29.8 Å². The molecule has 3 rings (SSSR count). The fourth-order valence-corrected chi connectivity index (χ4v) is 1.97. The Morgan fingerprint density at radius 2 is 1.88 bits per heavy atom. The number of rotatable bonds is 0. The third kappa shape index (κ3) is 1.29. The average Bonchev–Trinajstić information content (AvgIpc) is 2.29. The summed E-state index contributed by atoms with van der Waals surface area (Å²) in [6.45, 7) is 0. The first-order chi connectivity index (χ1) is 7.75. The van der Waals surface area contributed by atoms with Gasteiger partial charge in [-0.2, -0.15) is 0 Å². The summed E-state index contributed by atoms with van der Waals surface area (Å²) in [5.74, 6) is 0. The molecule has 0 aliphatic carbocycles. The molecule has 0 atom stereocenters. The van der Waals surface area contributed by atoms with Crippen LogP contribution in [-0.2, 0) is 0 Å². The number of benzene rings is 1. The molecule has 0 bridgehead atoms. The Hall–Kier alpha value is -1.87. The first kappa shape index (κ1) is 9.36. The van der Waals surface area contributed by atoms with Crippen molar-refractivity contribution in [2.45, 2.75) is 0 Å². The number of aromatic nitrogens is 1. The summed E-state index contributed by atoms with van der Waals surface area (Å²) in [6, 6.07) is 10.4. The Bertz CT molecular complexity index is 749. The molecule has 0 saturated carbocycles. The van der Waals surface area contributed by atoms with Crippen LogP contribution in [0.3, 0.4) is 0 Å². The number of hydrogen-bond acceptors (Lipinski definition) is 3. The topological polar surface area (TPSA) is 43.1 Å². The third-order valence-corrected chi connectivity index (χ3v) is 2.82. The number of pyridine rings is 1. The molecular formula is C12H6ClNO2. The Balaban J connectivity index is 2.60. The highest BCUT2D eigenvalue weighted by Crippen LogP contribution is 2.28. The quantitative estimate of drug-likeness (QED) is 0.559. The summed E-state index contributed by atoms with van der Waals surface area (Å²) >= 11 is 6.22. The molecule has 2 heterocycles. The molecule has 16 heavy (non-hydrogen) atoms. The van der Waals surface area contributed by atoms with E-state index in [0.717, 1.165) is 5.39 Å². The van der Waals surface area contributed by atoms with E-state index >= 15 is 0 Å². The maximum atomic E-state index is 11.1. The van der Waals surface area contributed by atoms with Gasteiger partial charge in [-0.15, -0.1) is 0 Å². The van der Waals surface area contributed by atoms with Gasteiger partial charge in [0.25, 0.3) is 0 Å². The molecular weight excluding hydrogens is 226 g/mol. The van der Waals surface area contributed by atoms with Gasteiger partial charge in [0, 0.05) is 11.5 Å². The first-order valence-corrected chi connectivity index (χ1v) is 5.11. The minimum Gasteiger partial charge on any atom is -0.404 e. The van der Waals surface area contributed by atoms with E-state index in [1.807, 2.05) is 24.3 Å². The van der Waals surface area contributed by atoms with Gasteiger partial charge in [-0.05, 0) is 12.1 Å². The molecule has 0 N–H and O–H groups in total. The second kappa shape index (κ2) is 3.32. The Morgan fingerprint density at radius 3 is 2.75 bits per heavy atom. The predicted molar refractivity (Wildman–Crippen MR) is 62.8 cm³/mol. The average molecular weight is 232 g/mol. The van der Waals surface area contributed by atoms with Crippen LogP contribution in [0.5, 0.6) is 0 Å². The van der Waals surface area contributed by atoms with Crippen molar-refractivity contribution >= 4 is 33.6 Å². The number of halogens is 1. The highest BCUT2D eigenvalue weighted by atomic mass is 35.5. The lowest BCUT2D eigenvalue weighted by Crippen LogP contribution is -1.96. The highest BCUT2D eigenvalue weighted by Gasteiger charge is 2.08. The van der Waals surface area contributed by atoms with Crippen LogP contribution in [0.4, 0.5) is 0 Å². The Labute approximate surface area is 95.3 Å². The zero-order valence-corrected chi connectivity index (χ0v) is 8.86. The lowest BCUT2D eigenvalue weighted by Gasteiger charge is -2.02.